The quantitative estimate of drug-likeness (QED) is 0.627. The Morgan fingerprint density at radius 1 is 1.24 bits per heavy atom. The van der Waals surface area contributed by atoms with E-state index in [2.05, 4.69) is 21.4 Å². The molecule has 0 radical (unpaired) electrons. The zero-order chi connectivity index (χ0) is 12.3. The zero-order valence-corrected chi connectivity index (χ0v) is 12.2. The normalized spacial score (nSPS) is 47.5. The third kappa shape index (κ3) is 1.93. The number of carbonyl (C=O) groups is 1. The second-order valence-corrected chi connectivity index (χ2v) is 8.41. The Hall–Kier alpha value is -0.0900. The van der Waals surface area contributed by atoms with E-state index in [1.54, 1.807) is 5.01 Å². The van der Waals surface area contributed by atoms with Gasteiger partial charge in [-0.1, -0.05) is 15.9 Å². The van der Waals surface area contributed by atoms with Crippen molar-refractivity contribution in [1.82, 2.24) is 10.4 Å². The van der Waals surface area contributed by atoms with Crippen molar-refractivity contribution in [2.75, 3.05) is 14.1 Å². The molecule has 4 fully saturated rings. The van der Waals surface area contributed by atoms with Crippen molar-refractivity contribution in [3.8, 4) is 0 Å². The smallest absolute Gasteiger partial charge is 0.240 e. The van der Waals surface area contributed by atoms with Crippen LogP contribution in [0.3, 0.4) is 0 Å². The molecule has 0 aromatic rings. The van der Waals surface area contributed by atoms with Crippen molar-refractivity contribution >= 4 is 21.8 Å². The molecular weight excluding hydrogens is 280 g/mol. The van der Waals surface area contributed by atoms with Gasteiger partial charge in [0.25, 0.3) is 0 Å². The second-order valence-electron chi connectivity index (χ2n) is 6.73. The Morgan fingerprint density at radius 3 is 2.29 bits per heavy atom. The highest BCUT2D eigenvalue weighted by atomic mass is 79.9. The van der Waals surface area contributed by atoms with E-state index < -0.39 is 0 Å². The van der Waals surface area contributed by atoms with E-state index in [0.717, 1.165) is 31.1 Å². The predicted molar refractivity (Wildman–Crippen MR) is 70.6 cm³/mol. The number of hydrogen-bond acceptors (Lipinski definition) is 2. The predicted octanol–water partition coefficient (Wildman–Crippen LogP) is 2.31. The van der Waals surface area contributed by atoms with Gasteiger partial charge in [0.2, 0.25) is 5.91 Å². The molecule has 2 unspecified atom stereocenters. The summed E-state index contributed by atoms with van der Waals surface area (Å²) in [6.07, 6.45) is 7.16. The van der Waals surface area contributed by atoms with Crippen LogP contribution >= 0.6 is 15.9 Å². The van der Waals surface area contributed by atoms with Crippen molar-refractivity contribution in [1.29, 1.82) is 0 Å². The average Bonchev–Trinajstić information content (AvgIpc) is 2.11. The summed E-state index contributed by atoms with van der Waals surface area (Å²) in [4.78, 5) is 12.5. The topological polar surface area (TPSA) is 32.3 Å². The first-order chi connectivity index (χ1) is 7.91. The maximum absolute atomic E-state index is 12.5. The molecule has 17 heavy (non-hydrogen) atoms. The average molecular weight is 301 g/mol. The van der Waals surface area contributed by atoms with E-state index >= 15 is 0 Å². The Bertz CT molecular complexity index is 341. The molecule has 4 aliphatic rings. The van der Waals surface area contributed by atoms with Crippen LogP contribution in [0.15, 0.2) is 0 Å². The summed E-state index contributed by atoms with van der Waals surface area (Å²) in [5.41, 5.74) is 2.91. The van der Waals surface area contributed by atoms with Gasteiger partial charge in [-0.25, -0.2) is 5.01 Å². The van der Waals surface area contributed by atoms with Gasteiger partial charge in [-0.15, -0.1) is 0 Å². The number of hydrazine groups is 1. The number of alkyl halides is 1. The van der Waals surface area contributed by atoms with E-state index in [9.17, 15) is 4.79 Å². The maximum atomic E-state index is 12.5. The Kier molecular flexibility index (Phi) is 2.61. The number of amides is 1. The van der Waals surface area contributed by atoms with Crippen LogP contribution in [0.25, 0.3) is 0 Å². The van der Waals surface area contributed by atoms with E-state index in [-0.39, 0.29) is 15.6 Å². The molecule has 3 nitrogen and oxygen atoms in total. The summed E-state index contributed by atoms with van der Waals surface area (Å²) < 4.78 is 0.265. The molecule has 1 N–H and O–H groups in total. The van der Waals surface area contributed by atoms with Gasteiger partial charge >= 0.3 is 0 Å². The standard InChI is InChI=1S/C13H21BrN2O/c1-16(2)15-11(17)12-4-9-3-10(5-12)7-13(14,6-9)8-12/h9-10H,3-8H2,1-2H3,(H,15,17). The third-order valence-corrected chi connectivity index (χ3v) is 5.72. The number of nitrogens with one attached hydrogen (secondary N) is 1. The zero-order valence-electron chi connectivity index (χ0n) is 10.6. The summed E-state index contributed by atoms with van der Waals surface area (Å²) in [6.45, 7) is 0. The van der Waals surface area contributed by atoms with Crippen molar-refractivity contribution in [2.24, 2.45) is 17.3 Å². The van der Waals surface area contributed by atoms with E-state index in [1.807, 2.05) is 14.1 Å². The summed E-state index contributed by atoms with van der Waals surface area (Å²) in [6, 6.07) is 0. The summed E-state index contributed by atoms with van der Waals surface area (Å²) >= 11 is 3.93. The highest BCUT2D eigenvalue weighted by Crippen LogP contribution is 2.64. The molecule has 4 aliphatic carbocycles. The minimum absolute atomic E-state index is 0.0855. The van der Waals surface area contributed by atoms with Crippen LogP contribution in [0, 0.1) is 17.3 Å². The van der Waals surface area contributed by atoms with E-state index in [4.69, 9.17) is 0 Å². The van der Waals surface area contributed by atoms with Crippen LogP contribution in [0.4, 0.5) is 0 Å². The van der Waals surface area contributed by atoms with E-state index in [1.165, 1.54) is 19.3 Å². The molecule has 0 spiro atoms. The molecule has 4 rings (SSSR count). The minimum atomic E-state index is -0.0855. The molecule has 4 heteroatoms. The summed E-state index contributed by atoms with van der Waals surface area (Å²) in [5, 5.41) is 1.78. The van der Waals surface area contributed by atoms with Crippen molar-refractivity contribution in [2.45, 2.75) is 42.8 Å². The van der Waals surface area contributed by atoms with Gasteiger partial charge in [-0.3, -0.25) is 10.2 Å². The fourth-order valence-electron chi connectivity index (χ4n) is 4.74. The van der Waals surface area contributed by atoms with Crippen LogP contribution in [0.2, 0.25) is 0 Å². The number of halogens is 1. The van der Waals surface area contributed by atoms with Crippen LogP contribution in [-0.2, 0) is 4.79 Å². The molecule has 0 aromatic carbocycles. The van der Waals surface area contributed by atoms with Crippen LogP contribution in [0.5, 0.6) is 0 Å². The van der Waals surface area contributed by atoms with Crippen LogP contribution < -0.4 is 5.43 Å². The number of carbonyl (C=O) groups excluding carboxylic acids is 1. The molecule has 0 saturated heterocycles. The second kappa shape index (κ2) is 3.70. The Balaban J connectivity index is 1.85. The maximum Gasteiger partial charge on any atom is 0.240 e. The molecule has 0 aromatic heterocycles. The van der Waals surface area contributed by atoms with Crippen molar-refractivity contribution in [3.63, 3.8) is 0 Å². The van der Waals surface area contributed by atoms with Gasteiger partial charge in [-0.05, 0) is 50.4 Å². The molecule has 4 saturated carbocycles. The van der Waals surface area contributed by atoms with Gasteiger partial charge in [-0.2, -0.15) is 0 Å². The lowest BCUT2D eigenvalue weighted by atomic mass is 9.49. The van der Waals surface area contributed by atoms with Gasteiger partial charge in [0, 0.05) is 18.4 Å². The lowest BCUT2D eigenvalue weighted by Gasteiger charge is -2.59. The van der Waals surface area contributed by atoms with Gasteiger partial charge in [0.1, 0.15) is 0 Å². The lowest BCUT2D eigenvalue weighted by molar-refractivity contribution is -0.148. The fraction of sp³-hybridized carbons (Fsp3) is 0.923. The van der Waals surface area contributed by atoms with Crippen molar-refractivity contribution < 1.29 is 4.79 Å². The molecular formula is C13H21BrN2O. The third-order valence-electron chi connectivity index (χ3n) is 4.80. The van der Waals surface area contributed by atoms with Gasteiger partial charge < -0.3 is 0 Å². The van der Waals surface area contributed by atoms with E-state index in [0.29, 0.717) is 0 Å². The highest BCUT2D eigenvalue weighted by molar-refractivity contribution is 9.10. The number of nitrogens with zero attached hydrogens (tertiary/aromatic N) is 1. The molecule has 96 valence electrons. The molecule has 0 heterocycles. The monoisotopic (exact) mass is 300 g/mol. The summed E-state index contributed by atoms with van der Waals surface area (Å²) in [7, 11) is 3.78. The first-order valence-corrected chi connectivity index (χ1v) is 7.37. The number of hydrogen-bond donors (Lipinski definition) is 1. The first kappa shape index (κ1) is 12.0. The fourth-order valence-corrected chi connectivity index (χ4v) is 6.19. The molecule has 4 bridgehead atoms. The van der Waals surface area contributed by atoms with Gasteiger partial charge in [0.05, 0.1) is 5.41 Å². The largest absolute Gasteiger partial charge is 0.289 e. The molecule has 2 atom stereocenters. The van der Waals surface area contributed by atoms with Crippen molar-refractivity contribution in [3.05, 3.63) is 0 Å². The highest BCUT2D eigenvalue weighted by Gasteiger charge is 2.59. The molecule has 1 amide bonds. The SMILES string of the molecule is CN(C)NC(=O)C12CC3CC(CC(Br)(C3)C1)C2. The lowest BCUT2D eigenvalue weighted by Crippen LogP contribution is -2.59. The molecule has 0 aliphatic heterocycles. The first-order valence-electron chi connectivity index (χ1n) is 6.58. The summed E-state index contributed by atoms with van der Waals surface area (Å²) in [5.74, 6) is 1.78. The minimum Gasteiger partial charge on any atom is -0.289 e. The van der Waals surface area contributed by atoms with Crippen LogP contribution in [0.1, 0.15) is 38.5 Å². The number of rotatable bonds is 2. The van der Waals surface area contributed by atoms with Gasteiger partial charge in [0.15, 0.2) is 0 Å². The van der Waals surface area contributed by atoms with Crippen LogP contribution in [-0.4, -0.2) is 29.3 Å². The Labute approximate surface area is 111 Å². The Morgan fingerprint density at radius 2 is 1.82 bits per heavy atom.